The van der Waals surface area contributed by atoms with Gasteiger partial charge in [0, 0.05) is 76.0 Å². The number of hydrogen-bond acceptors (Lipinski definition) is 0. The summed E-state index contributed by atoms with van der Waals surface area (Å²) in [5, 5.41) is 15.5. The number of para-hydroxylation sites is 4. The molecule has 0 saturated heterocycles. The van der Waals surface area contributed by atoms with Gasteiger partial charge in [-0.1, -0.05) is 170 Å². The minimum absolute atomic E-state index is 1.16. The summed E-state index contributed by atoms with van der Waals surface area (Å²) in [7, 11) is 0. The SMILES string of the molecule is Cc1c2c3cccc4c5c6c(ccc5n(c2c(C)c2c5cccc7c8c9c(ccc8n(c12)c57)c1ccccc1n9-c1cccc(-c2ccccc2)c1)c34)c1ccccc1n6-c1cccc(-c2ccccc2)c1. The fourth-order valence-corrected chi connectivity index (χ4v) is 13.7. The number of hydrogen-bond donors (Lipinski definition) is 0. The number of fused-ring (bicyclic) bond motifs is 20. The van der Waals surface area contributed by atoms with Crippen LogP contribution in [0, 0.1) is 13.8 Å². The van der Waals surface area contributed by atoms with Crippen molar-refractivity contribution in [2.75, 3.05) is 0 Å². The molecule has 4 nitrogen and oxygen atoms in total. The lowest BCUT2D eigenvalue weighted by Gasteiger charge is -2.12. The van der Waals surface area contributed by atoms with E-state index < -0.39 is 0 Å². The van der Waals surface area contributed by atoms with Crippen LogP contribution in [0.5, 0.6) is 0 Å². The first-order chi connectivity index (χ1) is 35.6. The Bertz CT molecular complexity index is 4830. The molecule has 0 saturated carbocycles. The third-order valence-electron chi connectivity index (χ3n) is 16.5. The van der Waals surface area contributed by atoms with Gasteiger partial charge in [0.2, 0.25) is 0 Å². The van der Waals surface area contributed by atoms with Crippen LogP contribution in [0.25, 0.3) is 153 Å². The summed E-state index contributed by atoms with van der Waals surface area (Å²) in [5.74, 6) is 0. The summed E-state index contributed by atoms with van der Waals surface area (Å²) in [6, 6.07) is 81.1. The number of aryl methyl sites for hydroxylation is 2. The van der Waals surface area contributed by atoms with Crippen LogP contribution in [-0.2, 0) is 0 Å². The number of benzene rings is 11. The Morgan fingerprint density at radius 2 is 0.597 bits per heavy atom. The normalized spacial score (nSPS) is 12.6. The Balaban J connectivity index is 0.984. The Morgan fingerprint density at radius 3 is 1.04 bits per heavy atom. The van der Waals surface area contributed by atoms with Gasteiger partial charge in [-0.15, -0.1) is 0 Å². The number of rotatable bonds is 4. The Morgan fingerprint density at radius 1 is 0.236 bits per heavy atom. The smallest absolute Gasteiger partial charge is 0.0641 e. The lowest BCUT2D eigenvalue weighted by molar-refractivity contribution is 1.19. The van der Waals surface area contributed by atoms with Crippen molar-refractivity contribution in [2.24, 2.45) is 0 Å². The average molecular weight is 915 g/mol. The van der Waals surface area contributed by atoms with Gasteiger partial charge >= 0.3 is 0 Å². The third-order valence-corrected chi connectivity index (χ3v) is 16.5. The molecule has 0 aliphatic carbocycles. The zero-order chi connectivity index (χ0) is 47.1. The maximum absolute atomic E-state index is 2.62. The second kappa shape index (κ2) is 13.7. The van der Waals surface area contributed by atoms with Gasteiger partial charge in [-0.3, -0.25) is 0 Å². The second-order valence-corrected chi connectivity index (χ2v) is 20.0. The molecule has 0 unspecified atom stereocenters. The zero-order valence-electron chi connectivity index (χ0n) is 39.6. The van der Waals surface area contributed by atoms with E-state index in [0.717, 1.165) is 11.4 Å². The Kier molecular flexibility index (Phi) is 7.31. The van der Waals surface area contributed by atoms with Crippen molar-refractivity contribution < 1.29 is 0 Å². The van der Waals surface area contributed by atoms with Gasteiger partial charge in [-0.05, 0) is 95.8 Å². The summed E-state index contributed by atoms with van der Waals surface area (Å²) < 4.78 is 10.3. The first-order valence-corrected chi connectivity index (χ1v) is 25.1. The van der Waals surface area contributed by atoms with Crippen LogP contribution >= 0.6 is 0 Å². The van der Waals surface area contributed by atoms with E-state index in [1.807, 2.05) is 0 Å². The molecule has 0 bridgehead atoms. The number of nitrogens with zero attached hydrogens (tertiary/aromatic N) is 4. The van der Waals surface area contributed by atoms with Crippen LogP contribution in [0.2, 0.25) is 0 Å². The largest absolute Gasteiger partial charge is 0.309 e. The van der Waals surface area contributed by atoms with Crippen molar-refractivity contribution in [3.8, 4) is 33.6 Å². The van der Waals surface area contributed by atoms with Gasteiger partial charge in [-0.2, -0.15) is 0 Å². The molecule has 17 rings (SSSR count). The highest BCUT2D eigenvalue weighted by Crippen LogP contribution is 2.51. The van der Waals surface area contributed by atoms with E-state index in [0.29, 0.717) is 0 Å². The molecule has 17 aromatic rings. The molecule has 11 aromatic carbocycles. The third kappa shape index (κ3) is 4.68. The molecule has 0 aliphatic rings. The van der Waals surface area contributed by atoms with Gasteiger partial charge < -0.3 is 17.9 Å². The van der Waals surface area contributed by atoms with Crippen molar-refractivity contribution in [1.29, 1.82) is 0 Å². The molecule has 334 valence electrons. The molecule has 0 aliphatic heterocycles. The summed E-state index contributed by atoms with van der Waals surface area (Å²) in [5.41, 5.74) is 22.4. The number of aromatic nitrogens is 4. The molecule has 6 aromatic heterocycles. The van der Waals surface area contributed by atoms with Crippen LogP contribution < -0.4 is 0 Å². The van der Waals surface area contributed by atoms with Crippen molar-refractivity contribution in [2.45, 2.75) is 13.8 Å². The van der Waals surface area contributed by atoms with Crippen molar-refractivity contribution in [1.82, 2.24) is 17.9 Å². The van der Waals surface area contributed by atoms with Gasteiger partial charge in [0.1, 0.15) is 0 Å². The van der Waals surface area contributed by atoms with E-state index in [1.54, 1.807) is 0 Å². The highest BCUT2D eigenvalue weighted by Gasteiger charge is 2.29. The monoisotopic (exact) mass is 914 g/mol. The van der Waals surface area contributed by atoms with Crippen LogP contribution in [0.1, 0.15) is 11.1 Å². The fraction of sp³-hybridized carbons (Fsp3) is 0.0294. The van der Waals surface area contributed by atoms with Crippen molar-refractivity contribution >= 4 is 120 Å². The Hall–Kier alpha value is -9.38. The minimum Gasteiger partial charge on any atom is -0.309 e. The maximum atomic E-state index is 2.62. The van der Waals surface area contributed by atoms with Gasteiger partial charge in [0.25, 0.3) is 0 Å². The highest BCUT2D eigenvalue weighted by atomic mass is 15.0. The lowest BCUT2D eigenvalue weighted by Crippen LogP contribution is -1.95. The van der Waals surface area contributed by atoms with E-state index in [1.165, 1.54) is 153 Å². The molecule has 6 heterocycles. The molecular formula is C68H42N4. The van der Waals surface area contributed by atoms with Gasteiger partial charge in [0.05, 0.1) is 55.2 Å². The van der Waals surface area contributed by atoms with Crippen LogP contribution in [0.15, 0.2) is 218 Å². The first-order valence-electron chi connectivity index (χ1n) is 25.1. The van der Waals surface area contributed by atoms with Crippen LogP contribution in [0.3, 0.4) is 0 Å². The molecule has 0 spiro atoms. The van der Waals surface area contributed by atoms with Gasteiger partial charge in [0.15, 0.2) is 0 Å². The lowest BCUT2D eigenvalue weighted by atomic mass is 9.96. The van der Waals surface area contributed by atoms with Crippen molar-refractivity contribution in [3.05, 3.63) is 230 Å². The highest BCUT2D eigenvalue weighted by molar-refractivity contribution is 6.36. The molecule has 0 atom stereocenters. The van der Waals surface area contributed by atoms with E-state index in [-0.39, 0.29) is 0 Å². The molecule has 0 N–H and O–H groups in total. The average Bonchev–Trinajstić information content (AvgIpc) is 4.28. The second-order valence-electron chi connectivity index (χ2n) is 20.0. The molecule has 0 amide bonds. The van der Waals surface area contributed by atoms with Crippen LogP contribution in [0.4, 0.5) is 0 Å². The molecular weight excluding hydrogens is 873 g/mol. The summed E-state index contributed by atoms with van der Waals surface area (Å²) >= 11 is 0. The van der Waals surface area contributed by atoms with E-state index in [2.05, 4.69) is 250 Å². The maximum Gasteiger partial charge on any atom is 0.0641 e. The summed E-state index contributed by atoms with van der Waals surface area (Å²) in [4.78, 5) is 0. The van der Waals surface area contributed by atoms with Crippen molar-refractivity contribution in [3.63, 3.8) is 0 Å². The molecule has 0 fully saturated rings. The first kappa shape index (κ1) is 38.5. The standard InChI is InChI=1S/C68H42N4/c1-39-59-51-27-15-29-53-62-58(36-34-50-48-26-10-12-32-56(48)70(68(50)62)46-24-14-22-44(38-46)42-19-7-4-8-20-42)72(65(51)53)64(59)40(2)60-52-28-16-30-54-61-57(71(63(39)60)66(52)54)35-33-49-47-25-9-11-31-55(47)69(67(49)61)45-23-13-21-43(37-45)41-17-5-3-6-18-41/h3-38H,1-2H3. The van der Waals surface area contributed by atoms with Gasteiger partial charge in [-0.25, -0.2) is 0 Å². The predicted molar refractivity (Wildman–Crippen MR) is 305 cm³/mol. The minimum atomic E-state index is 1.16. The molecule has 72 heavy (non-hydrogen) atoms. The fourth-order valence-electron chi connectivity index (χ4n) is 13.7. The topological polar surface area (TPSA) is 18.7 Å². The van der Waals surface area contributed by atoms with E-state index in [9.17, 15) is 0 Å². The molecule has 0 radical (unpaired) electrons. The van der Waals surface area contributed by atoms with Crippen LogP contribution in [-0.4, -0.2) is 17.9 Å². The summed E-state index contributed by atoms with van der Waals surface area (Å²) in [6.07, 6.45) is 0. The zero-order valence-corrected chi connectivity index (χ0v) is 39.6. The quantitative estimate of drug-likeness (QED) is 0.168. The Labute approximate surface area is 412 Å². The molecule has 4 heteroatoms. The van der Waals surface area contributed by atoms with E-state index >= 15 is 0 Å². The predicted octanol–water partition coefficient (Wildman–Crippen LogP) is 18.1. The summed E-state index contributed by atoms with van der Waals surface area (Å²) in [6.45, 7) is 4.77. The van der Waals surface area contributed by atoms with E-state index in [4.69, 9.17) is 0 Å².